The molecular formula is C6H6F2N2O2. The maximum absolute atomic E-state index is 12.1. The number of halogens is 2. The van der Waals surface area contributed by atoms with Crippen LogP contribution in [0.3, 0.4) is 0 Å². The van der Waals surface area contributed by atoms with Crippen LogP contribution in [0.25, 0.3) is 0 Å². The minimum atomic E-state index is -2.90. The van der Waals surface area contributed by atoms with E-state index in [0.29, 0.717) is 6.07 Å². The molecule has 6 heteroatoms. The van der Waals surface area contributed by atoms with Gasteiger partial charge in [0.25, 0.3) is 12.0 Å². The van der Waals surface area contributed by atoms with E-state index in [9.17, 15) is 13.6 Å². The number of anilines is 1. The van der Waals surface area contributed by atoms with E-state index in [1.807, 2.05) is 4.98 Å². The highest BCUT2D eigenvalue weighted by atomic mass is 19.3. The Bertz CT molecular complexity index is 322. The number of rotatable bonds is 1. The molecule has 0 aliphatic carbocycles. The van der Waals surface area contributed by atoms with Gasteiger partial charge in [-0.25, -0.2) is 8.78 Å². The molecule has 66 valence electrons. The number of H-pyrrole nitrogens is 1. The number of hydrogen-bond acceptors (Lipinski definition) is 3. The van der Waals surface area contributed by atoms with Crippen molar-refractivity contribution in [2.45, 2.75) is 6.43 Å². The van der Waals surface area contributed by atoms with Crippen LogP contribution in [0.15, 0.2) is 10.9 Å². The van der Waals surface area contributed by atoms with Gasteiger partial charge in [0.1, 0.15) is 11.6 Å². The third-order valence-electron chi connectivity index (χ3n) is 1.31. The maximum Gasteiger partial charge on any atom is 0.270 e. The van der Waals surface area contributed by atoms with Gasteiger partial charge >= 0.3 is 0 Å². The summed E-state index contributed by atoms with van der Waals surface area (Å²) in [6.45, 7) is 0. The van der Waals surface area contributed by atoms with Crippen LogP contribution in [0, 0.1) is 0 Å². The van der Waals surface area contributed by atoms with E-state index in [4.69, 9.17) is 10.8 Å². The van der Waals surface area contributed by atoms with Crippen molar-refractivity contribution in [2.24, 2.45) is 0 Å². The number of nitrogens with one attached hydrogen (secondary N) is 1. The number of aromatic amines is 1. The Kier molecular flexibility index (Phi) is 1.99. The Hall–Kier alpha value is -1.59. The van der Waals surface area contributed by atoms with Gasteiger partial charge in [-0.3, -0.25) is 4.79 Å². The molecule has 0 aliphatic rings. The van der Waals surface area contributed by atoms with E-state index in [0.717, 1.165) is 0 Å². The van der Waals surface area contributed by atoms with Gasteiger partial charge in [-0.15, -0.1) is 0 Å². The predicted molar refractivity (Wildman–Crippen MR) is 38.1 cm³/mol. The van der Waals surface area contributed by atoms with E-state index >= 15 is 0 Å². The van der Waals surface area contributed by atoms with Gasteiger partial charge in [0.2, 0.25) is 0 Å². The second-order valence-corrected chi connectivity index (χ2v) is 2.15. The maximum atomic E-state index is 12.1. The number of pyridine rings is 1. The number of aromatic hydroxyl groups is 1. The Morgan fingerprint density at radius 1 is 1.58 bits per heavy atom. The summed E-state index contributed by atoms with van der Waals surface area (Å²) in [5, 5.41) is 8.86. The summed E-state index contributed by atoms with van der Waals surface area (Å²) in [6.07, 6.45) is -2.90. The molecule has 1 heterocycles. The van der Waals surface area contributed by atoms with Crippen molar-refractivity contribution in [1.29, 1.82) is 0 Å². The van der Waals surface area contributed by atoms with Crippen LogP contribution < -0.4 is 11.3 Å². The Morgan fingerprint density at radius 2 is 2.17 bits per heavy atom. The van der Waals surface area contributed by atoms with Crippen molar-refractivity contribution in [1.82, 2.24) is 4.98 Å². The molecule has 12 heavy (non-hydrogen) atoms. The summed E-state index contributed by atoms with van der Waals surface area (Å²) in [5.74, 6) is -1.29. The minimum absolute atomic E-state index is 0.505. The lowest BCUT2D eigenvalue weighted by Crippen LogP contribution is -2.10. The lowest BCUT2D eigenvalue weighted by molar-refractivity contribution is 0.148. The zero-order valence-corrected chi connectivity index (χ0v) is 5.84. The van der Waals surface area contributed by atoms with Crippen molar-refractivity contribution in [3.05, 3.63) is 22.0 Å². The molecule has 0 radical (unpaired) electrons. The van der Waals surface area contributed by atoms with E-state index in [1.165, 1.54) is 0 Å². The van der Waals surface area contributed by atoms with Crippen LogP contribution in [0.1, 0.15) is 12.0 Å². The molecular weight excluding hydrogens is 170 g/mol. The third kappa shape index (κ3) is 1.36. The van der Waals surface area contributed by atoms with Gasteiger partial charge in [0.15, 0.2) is 0 Å². The van der Waals surface area contributed by atoms with Crippen molar-refractivity contribution < 1.29 is 13.9 Å². The van der Waals surface area contributed by atoms with Crippen LogP contribution in [0.5, 0.6) is 5.75 Å². The second kappa shape index (κ2) is 2.80. The summed E-state index contributed by atoms with van der Waals surface area (Å²) in [7, 11) is 0. The quantitative estimate of drug-likeness (QED) is 0.586. The predicted octanol–water partition coefficient (Wildman–Crippen LogP) is 0.600. The summed E-state index contributed by atoms with van der Waals surface area (Å²) in [6, 6.07) is 0.651. The first-order valence-corrected chi connectivity index (χ1v) is 3.02. The summed E-state index contributed by atoms with van der Waals surface area (Å²) in [5.41, 5.74) is 3.57. The highest BCUT2D eigenvalue weighted by molar-refractivity contribution is 5.48. The molecule has 0 spiro atoms. The first-order chi connectivity index (χ1) is 5.52. The standard InChI is InChI=1S/C6H6F2N2O2/c7-5(8)4-2(11)1-3(12)10-6(4)9/h1,5H,(H4,9,10,11,12). The fourth-order valence-corrected chi connectivity index (χ4v) is 0.805. The minimum Gasteiger partial charge on any atom is -0.507 e. The van der Waals surface area contributed by atoms with E-state index in [1.54, 1.807) is 0 Å². The highest BCUT2D eigenvalue weighted by Crippen LogP contribution is 2.29. The van der Waals surface area contributed by atoms with Gasteiger partial charge < -0.3 is 15.8 Å². The van der Waals surface area contributed by atoms with Gasteiger partial charge in [-0.2, -0.15) is 0 Å². The number of alkyl halides is 2. The average molecular weight is 176 g/mol. The monoisotopic (exact) mass is 176 g/mol. The van der Waals surface area contributed by atoms with Gasteiger partial charge in [0.05, 0.1) is 5.56 Å². The van der Waals surface area contributed by atoms with Crippen LogP contribution in [0.4, 0.5) is 14.6 Å². The smallest absolute Gasteiger partial charge is 0.270 e. The molecule has 1 aromatic rings. The molecule has 0 atom stereocenters. The number of nitrogens with two attached hydrogens (primary N) is 1. The number of hydrogen-bond donors (Lipinski definition) is 3. The largest absolute Gasteiger partial charge is 0.507 e. The molecule has 4 nitrogen and oxygen atoms in total. The molecule has 0 fully saturated rings. The zero-order chi connectivity index (χ0) is 9.30. The molecule has 1 rings (SSSR count). The lowest BCUT2D eigenvalue weighted by Gasteiger charge is -2.04. The Labute approximate surface area is 65.6 Å². The zero-order valence-electron chi connectivity index (χ0n) is 5.84. The van der Waals surface area contributed by atoms with Crippen molar-refractivity contribution in [3.63, 3.8) is 0 Å². The topological polar surface area (TPSA) is 79.1 Å². The second-order valence-electron chi connectivity index (χ2n) is 2.15. The van der Waals surface area contributed by atoms with Crippen LogP contribution in [-0.4, -0.2) is 10.1 Å². The Morgan fingerprint density at radius 3 is 2.58 bits per heavy atom. The first kappa shape index (κ1) is 8.51. The fourth-order valence-electron chi connectivity index (χ4n) is 0.805. The van der Waals surface area contributed by atoms with Gasteiger partial charge in [0, 0.05) is 6.07 Å². The molecule has 0 aliphatic heterocycles. The van der Waals surface area contributed by atoms with Crippen molar-refractivity contribution in [2.75, 3.05) is 5.73 Å². The molecule has 0 unspecified atom stereocenters. The third-order valence-corrected chi connectivity index (χ3v) is 1.31. The number of aromatic nitrogens is 1. The SMILES string of the molecule is Nc1[nH]c(=O)cc(O)c1C(F)F. The average Bonchev–Trinajstić information content (AvgIpc) is 1.82. The summed E-state index contributed by atoms with van der Waals surface area (Å²) in [4.78, 5) is 12.5. The fraction of sp³-hybridized carbons (Fsp3) is 0.167. The van der Waals surface area contributed by atoms with Crippen molar-refractivity contribution >= 4 is 5.82 Å². The van der Waals surface area contributed by atoms with E-state index < -0.39 is 29.1 Å². The molecule has 0 bridgehead atoms. The van der Waals surface area contributed by atoms with Crippen molar-refractivity contribution in [3.8, 4) is 5.75 Å². The Balaban J connectivity index is 3.38. The van der Waals surface area contributed by atoms with Crippen LogP contribution in [-0.2, 0) is 0 Å². The van der Waals surface area contributed by atoms with Crippen LogP contribution >= 0.6 is 0 Å². The normalized spacial score (nSPS) is 10.6. The number of nitrogen functional groups attached to an aromatic ring is 1. The first-order valence-electron chi connectivity index (χ1n) is 3.02. The molecule has 0 amide bonds. The lowest BCUT2D eigenvalue weighted by atomic mass is 10.2. The van der Waals surface area contributed by atoms with E-state index in [-0.39, 0.29) is 0 Å². The highest BCUT2D eigenvalue weighted by Gasteiger charge is 2.17. The van der Waals surface area contributed by atoms with E-state index in [2.05, 4.69) is 0 Å². The molecule has 0 aromatic carbocycles. The molecule has 1 aromatic heterocycles. The summed E-state index contributed by atoms with van der Waals surface area (Å²) >= 11 is 0. The van der Waals surface area contributed by atoms with Gasteiger partial charge in [-0.05, 0) is 0 Å². The van der Waals surface area contributed by atoms with Crippen LogP contribution in [0.2, 0.25) is 0 Å². The summed E-state index contributed by atoms with van der Waals surface area (Å²) < 4.78 is 24.1. The molecule has 4 N–H and O–H groups in total. The van der Waals surface area contributed by atoms with Gasteiger partial charge in [-0.1, -0.05) is 0 Å². The molecule has 0 saturated heterocycles. The molecule has 0 saturated carbocycles.